The van der Waals surface area contributed by atoms with E-state index >= 15 is 0 Å². The molecule has 0 heterocycles. The third-order valence-electron chi connectivity index (χ3n) is 6.82. The highest BCUT2D eigenvalue weighted by molar-refractivity contribution is 6.34. The van der Waals surface area contributed by atoms with E-state index in [1.165, 1.54) is 11.0 Å². The van der Waals surface area contributed by atoms with Gasteiger partial charge >= 0.3 is 6.09 Å². The van der Waals surface area contributed by atoms with Crippen molar-refractivity contribution in [3.8, 4) is 5.75 Å². The fourth-order valence-corrected chi connectivity index (χ4v) is 5.02. The Morgan fingerprint density at radius 3 is 2.14 bits per heavy atom. The number of alkyl carbamates (subject to hydrolysis) is 1. The van der Waals surface area contributed by atoms with Crippen LogP contribution in [-0.4, -0.2) is 45.6 Å². The summed E-state index contributed by atoms with van der Waals surface area (Å²) in [5.74, 6) is -0.685. The molecule has 0 saturated carbocycles. The quantitative estimate of drug-likeness (QED) is 0.232. The zero-order valence-corrected chi connectivity index (χ0v) is 27.2. The van der Waals surface area contributed by atoms with Crippen molar-refractivity contribution in [2.75, 3.05) is 5.32 Å². The van der Waals surface area contributed by atoms with E-state index in [0.717, 1.165) is 12.0 Å². The van der Waals surface area contributed by atoms with Crippen LogP contribution in [0.2, 0.25) is 5.02 Å². The van der Waals surface area contributed by atoms with Gasteiger partial charge in [0.15, 0.2) is 0 Å². The van der Waals surface area contributed by atoms with Gasteiger partial charge in [-0.2, -0.15) is 0 Å². The zero-order valence-electron chi connectivity index (χ0n) is 26.5. The van der Waals surface area contributed by atoms with Crippen LogP contribution < -0.4 is 10.6 Å². The number of carbonyl (C=O) groups excluding carboxylic acids is 3. The number of para-hydroxylation sites is 2. The van der Waals surface area contributed by atoms with Gasteiger partial charge in [-0.25, -0.2) is 4.79 Å². The molecule has 0 fully saturated rings. The molecule has 2 aromatic carbocycles. The number of aryl methyl sites for hydroxylation is 1. The van der Waals surface area contributed by atoms with E-state index in [2.05, 4.69) is 24.5 Å². The molecule has 8 nitrogen and oxygen atoms in total. The number of anilines is 1. The first kappa shape index (κ1) is 34.9. The monoisotopic (exact) mass is 601 g/mol. The highest BCUT2D eigenvalue weighted by Crippen LogP contribution is 2.35. The molecule has 3 N–H and O–H groups in total. The molecule has 9 heteroatoms. The van der Waals surface area contributed by atoms with Crippen molar-refractivity contribution in [1.29, 1.82) is 0 Å². The van der Waals surface area contributed by atoms with E-state index < -0.39 is 41.6 Å². The summed E-state index contributed by atoms with van der Waals surface area (Å²) in [6.45, 7) is 17.1. The number of hydrogen-bond acceptors (Lipinski definition) is 5. The number of rotatable bonds is 12. The molecule has 0 spiro atoms. The molecule has 3 atom stereocenters. The minimum Gasteiger partial charge on any atom is -0.508 e. The molecule has 0 saturated heterocycles. The number of ether oxygens (including phenoxy) is 1. The molecular formula is C33H48ClN3O5. The van der Waals surface area contributed by atoms with Crippen molar-refractivity contribution >= 4 is 35.2 Å². The molecule has 3 unspecified atom stereocenters. The second-order valence-electron chi connectivity index (χ2n) is 12.8. The van der Waals surface area contributed by atoms with Crippen LogP contribution in [0, 0.1) is 18.8 Å². The van der Waals surface area contributed by atoms with Crippen molar-refractivity contribution in [1.82, 2.24) is 10.2 Å². The molecular weight excluding hydrogens is 554 g/mol. The van der Waals surface area contributed by atoms with Crippen LogP contribution in [0.25, 0.3) is 0 Å². The van der Waals surface area contributed by atoms with Crippen LogP contribution in [0.5, 0.6) is 5.75 Å². The first-order valence-corrected chi connectivity index (χ1v) is 15.0. The predicted molar refractivity (Wildman–Crippen MR) is 169 cm³/mol. The van der Waals surface area contributed by atoms with Crippen molar-refractivity contribution in [3.05, 3.63) is 58.6 Å². The van der Waals surface area contributed by atoms with Crippen LogP contribution in [0.3, 0.4) is 0 Å². The maximum absolute atomic E-state index is 14.6. The number of aromatic hydroxyl groups is 1. The van der Waals surface area contributed by atoms with E-state index in [0.29, 0.717) is 29.5 Å². The lowest BCUT2D eigenvalue weighted by atomic mass is 9.95. The van der Waals surface area contributed by atoms with Crippen LogP contribution in [0.4, 0.5) is 10.5 Å². The van der Waals surface area contributed by atoms with Gasteiger partial charge in [0.1, 0.15) is 23.4 Å². The van der Waals surface area contributed by atoms with Gasteiger partial charge in [0.25, 0.3) is 5.91 Å². The van der Waals surface area contributed by atoms with Gasteiger partial charge in [-0.15, -0.1) is 0 Å². The van der Waals surface area contributed by atoms with E-state index in [1.54, 1.807) is 51.1 Å². The Morgan fingerprint density at radius 2 is 1.60 bits per heavy atom. The van der Waals surface area contributed by atoms with Crippen molar-refractivity contribution in [2.45, 2.75) is 105 Å². The van der Waals surface area contributed by atoms with Gasteiger partial charge in [-0.05, 0) is 83.4 Å². The number of phenols is 1. The second kappa shape index (κ2) is 15.3. The van der Waals surface area contributed by atoms with E-state index in [-0.39, 0.29) is 17.2 Å². The Hall–Kier alpha value is -3.26. The Bertz CT molecular complexity index is 1200. The topological polar surface area (TPSA) is 108 Å². The van der Waals surface area contributed by atoms with Crippen molar-refractivity contribution in [2.24, 2.45) is 11.8 Å². The van der Waals surface area contributed by atoms with Crippen molar-refractivity contribution in [3.63, 3.8) is 0 Å². The number of hydrogen-bond donors (Lipinski definition) is 3. The lowest BCUT2D eigenvalue weighted by Gasteiger charge is -2.39. The summed E-state index contributed by atoms with van der Waals surface area (Å²) in [5.41, 5.74) is 0.689. The lowest BCUT2D eigenvalue weighted by Crippen LogP contribution is -2.55. The van der Waals surface area contributed by atoms with Gasteiger partial charge in [0.05, 0.1) is 10.7 Å². The molecule has 0 aliphatic carbocycles. The fourth-order valence-electron chi connectivity index (χ4n) is 4.75. The smallest absolute Gasteiger partial charge is 0.408 e. The Balaban J connectivity index is 2.69. The Morgan fingerprint density at radius 1 is 0.952 bits per heavy atom. The SMILES string of the molecule is Cc1cccc(Cl)c1NC(=O)C(c1ccccc1O)N(C(=O)C(CC(C)C)NC(=O)OC(C)(C)C)C(C)CCC(C)C. The maximum Gasteiger partial charge on any atom is 0.408 e. The molecule has 0 aliphatic heterocycles. The number of phenolic OH excluding ortho intramolecular Hbond substituents is 1. The summed E-state index contributed by atoms with van der Waals surface area (Å²) in [6.07, 6.45) is 1.01. The van der Waals surface area contributed by atoms with Crippen LogP contribution in [0.1, 0.15) is 91.8 Å². The maximum atomic E-state index is 14.6. The normalized spacial score (nSPS) is 13.8. The van der Waals surface area contributed by atoms with Gasteiger partial charge in [-0.1, -0.05) is 69.6 Å². The molecule has 0 aromatic heterocycles. The highest BCUT2D eigenvalue weighted by Gasteiger charge is 2.40. The van der Waals surface area contributed by atoms with E-state index in [4.69, 9.17) is 16.3 Å². The first-order valence-electron chi connectivity index (χ1n) is 14.7. The average molecular weight is 602 g/mol. The molecule has 2 rings (SSSR count). The molecule has 232 valence electrons. The Labute approximate surface area is 256 Å². The number of halogens is 1. The second-order valence-corrected chi connectivity index (χ2v) is 13.2. The minimum absolute atomic E-state index is 0.0462. The van der Waals surface area contributed by atoms with Gasteiger partial charge in [0, 0.05) is 11.6 Å². The fraction of sp³-hybridized carbons (Fsp3) is 0.545. The summed E-state index contributed by atoms with van der Waals surface area (Å²) >= 11 is 6.46. The highest BCUT2D eigenvalue weighted by atomic mass is 35.5. The molecule has 0 aliphatic rings. The molecule has 0 bridgehead atoms. The minimum atomic E-state index is -1.22. The van der Waals surface area contributed by atoms with Crippen LogP contribution in [-0.2, 0) is 14.3 Å². The third kappa shape index (κ3) is 10.2. The standard InChI is InChI=1S/C33H48ClN3O5/c1-20(2)17-18-23(6)37(31(40)26(19-21(3)4)35-32(41)42-33(7,8)9)29(24-14-10-11-16-27(24)38)30(39)36-28-22(5)13-12-15-25(28)34/h10-16,20-21,23,26,29,38H,17-19H2,1-9H3,(H,35,41)(H,36,39). The molecule has 42 heavy (non-hydrogen) atoms. The average Bonchev–Trinajstić information content (AvgIpc) is 2.86. The third-order valence-corrected chi connectivity index (χ3v) is 7.13. The number of amides is 3. The van der Waals surface area contributed by atoms with Gasteiger partial charge in [0.2, 0.25) is 5.91 Å². The van der Waals surface area contributed by atoms with Gasteiger partial charge in [-0.3, -0.25) is 9.59 Å². The summed E-state index contributed by atoms with van der Waals surface area (Å²) < 4.78 is 5.48. The summed E-state index contributed by atoms with van der Waals surface area (Å²) in [4.78, 5) is 43.1. The molecule has 2 aromatic rings. The van der Waals surface area contributed by atoms with Crippen molar-refractivity contribution < 1.29 is 24.2 Å². The van der Waals surface area contributed by atoms with E-state index in [1.807, 2.05) is 33.8 Å². The number of carbonyl (C=O) groups is 3. The number of benzene rings is 2. The zero-order chi connectivity index (χ0) is 31.8. The van der Waals surface area contributed by atoms with E-state index in [9.17, 15) is 19.5 Å². The number of nitrogens with zero attached hydrogens (tertiary/aromatic N) is 1. The summed E-state index contributed by atoms with van der Waals surface area (Å²) in [6, 6.07) is 9.18. The number of nitrogens with one attached hydrogen (secondary N) is 2. The lowest BCUT2D eigenvalue weighted by molar-refractivity contribution is -0.144. The van der Waals surface area contributed by atoms with Gasteiger partial charge < -0.3 is 25.4 Å². The summed E-state index contributed by atoms with van der Waals surface area (Å²) in [5, 5.41) is 17.0. The Kier molecular flexibility index (Phi) is 12.7. The van der Waals surface area contributed by atoms with Crippen LogP contribution in [0.15, 0.2) is 42.5 Å². The van der Waals surface area contributed by atoms with Crippen LogP contribution >= 0.6 is 11.6 Å². The largest absolute Gasteiger partial charge is 0.508 e. The first-order chi connectivity index (χ1) is 19.5. The molecule has 3 amide bonds. The predicted octanol–water partition coefficient (Wildman–Crippen LogP) is 7.63. The molecule has 0 radical (unpaired) electrons. The summed E-state index contributed by atoms with van der Waals surface area (Å²) in [7, 11) is 0.